The van der Waals surface area contributed by atoms with Crippen molar-refractivity contribution in [3.05, 3.63) is 6.33 Å². The molecular weight excluding hydrogens is 244 g/mol. The topological polar surface area (TPSA) is 82.1 Å². The minimum Gasteiger partial charge on any atom is -0.479 e. The van der Waals surface area contributed by atoms with Crippen LogP contribution in [0.3, 0.4) is 0 Å². The Bertz CT molecular complexity index is 548. The molecule has 0 radical (unpaired) electrons. The zero-order valence-electron chi connectivity index (χ0n) is 11.6. The van der Waals surface area contributed by atoms with Gasteiger partial charge in [-0.3, -0.25) is 4.57 Å². The molecule has 0 bridgehead atoms. The van der Waals surface area contributed by atoms with Gasteiger partial charge in [0.25, 0.3) is 0 Å². The van der Waals surface area contributed by atoms with Gasteiger partial charge in [0.05, 0.1) is 7.11 Å². The average molecular weight is 264 g/mol. The van der Waals surface area contributed by atoms with Gasteiger partial charge < -0.3 is 15.4 Å². The van der Waals surface area contributed by atoms with E-state index in [1.807, 2.05) is 4.57 Å². The van der Waals surface area contributed by atoms with E-state index in [2.05, 4.69) is 33.7 Å². The average Bonchev–Trinajstić information content (AvgIpc) is 2.76. The van der Waals surface area contributed by atoms with E-state index in [4.69, 9.17) is 10.5 Å². The van der Waals surface area contributed by atoms with Crippen LogP contribution in [0, 0.1) is 0 Å². The molecule has 7 heteroatoms. The molecule has 0 aliphatic heterocycles. The lowest BCUT2D eigenvalue weighted by atomic mass is 10.4. The Kier molecular flexibility index (Phi) is 4.16. The molecule has 0 aliphatic carbocycles. The molecule has 2 aromatic rings. The summed E-state index contributed by atoms with van der Waals surface area (Å²) in [6.07, 6.45) is 1.47. The van der Waals surface area contributed by atoms with E-state index >= 15 is 0 Å². The summed E-state index contributed by atoms with van der Waals surface area (Å²) in [7, 11) is 1.56. The number of likely N-dealkylation sites (N-methyl/N-ethyl adjacent to an activating group) is 1. The predicted molar refractivity (Wildman–Crippen MR) is 74.1 cm³/mol. The number of hydrogen-bond donors (Lipinski definition) is 1. The molecule has 2 aromatic heterocycles. The fraction of sp³-hybridized carbons (Fsp3) is 0.583. The highest BCUT2D eigenvalue weighted by Gasteiger charge is 2.14. The zero-order valence-corrected chi connectivity index (χ0v) is 11.6. The van der Waals surface area contributed by atoms with Gasteiger partial charge in [-0.2, -0.15) is 4.98 Å². The Morgan fingerprint density at radius 1 is 1.32 bits per heavy atom. The van der Waals surface area contributed by atoms with Crippen molar-refractivity contribution in [1.29, 1.82) is 0 Å². The predicted octanol–water partition coefficient (Wildman–Crippen LogP) is 0.759. The number of ether oxygens (including phenoxy) is 1. The number of hydrogen-bond acceptors (Lipinski definition) is 6. The van der Waals surface area contributed by atoms with E-state index < -0.39 is 0 Å². The van der Waals surface area contributed by atoms with Crippen LogP contribution in [0.1, 0.15) is 13.8 Å². The monoisotopic (exact) mass is 264 g/mol. The molecule has 0 atom stereocenters. The lowest BCUT2D eigenvalue weighted by molar-refractivity contribution is 0.292. The first-order valence-electron chi connectivity index (χ1n) is 6.44. The SMILES string of the molecule is CCN(CC)CCn1c(N)nc2c(OC)ncnc21. The van der Waals surface area contributed by atoms with E-state index in [-0.39, 0.29) is 0 Å². The Morgan fingerprint density at radius 3 is 2.68 bits per heavy atom. The number of nitrogens with two attached hydrogens (primary N) is 1. The molecule has 7 nitrogen and oxygen atoms in total. The molecule has 104 valence electrons. The van der Waals surface area contributed by atoms with Crippen LogP contribution in [0.5, 0.6) is 5.88 Å². The van der Waals surface area contributed by atoms with Crippen LogP contribution in [-0.2, 0) is 6.54 Å². The molecule has 2 rings (SSSR count). The second-order valence-electron chi connectivity index (χ2n) is 4.20. The normalized spacial score (nSPS) is 11.4. The third kappa shape index (κ3) is 2.60. The molecule has 0 amide bonds. The van der Waals surface area contributed by atoms with E-state index in [0.29, 0.717) is 17.3 Å². The number of imidazole rings is 1. The van der Waals surface area contributed by atoms with Crippen LogP contribution in [-0.4, -0.2) is 51.2 Å². The van der Waals surface area contributed by atoms with Crippen molar-refractivity contribution in [1.82, 2.24) is 24.4 Å². The molecule has 0 spiro atoms. The van der Waals surface area contributed by atoms with Crippen molar-refractivity contribution in [2.75, 3.05) is 32.5 Å². The largest absolute Gasteiger partial charge is 0.479 e. The van der Waals surface area contributed by atoms with Gasteiger partial charge in [0, 0.05) is 13.1 Å². The van der Waals surface area contributed by atoms with Crippen molar-refractivity contribution < 1.29 is 4.74 Å². The molecular formula is C12H20N6O. The van der Waals surface area contributed by atoms with E-state index in [1.165, 1.54) is 6.33 Å². The van der Waals surface area contributed by atoms with Crippen LogP contribution in [0.15, 0.2) is 6.33 Å². The van der Waals surface area contributed by atoms with Crippen molar-refractivity contribution >= 4 is 17.1 Å². The summed E-state index contributed by atoms with van der Waals surface area (Å²) >= 11 is 0. The highest BCUT2D eigenvalue weighted by atomic mass is 16.5. The Morgan fingerprint density at radius 2 is 2.05 bits per heavy atom. The zero-order chi connectivity index (χ0) is 13.8. The van der Waals surface area contributed by atoms with Gasteiger partial charge >= 0.3 is 0 Å². The Hall–Kier alpha value is -1.89. The Labute approximate surface area is 112 Å². The first kappa shape index (κ1) is 13.5. The lowest BCUT2D eigenvalue weighted by Crippen LogP contribution is -2.27. The highest BCUT2D eigenvalue weighted by Crippen LogP contribution is 2.22. The second-order valence-corrected chi connectivity index (χ2v) is 4.20. The number of fused-ring (bicyclic) bond motifs is 1. The van der Waals surface area contributed by atoms with Gasteiger partial charge in [0.2, 0.25) is 11.8 Å². The lowest BCUT2D eigenvalue weighted by Gasteiger charge is -2.18. The summed E-state index contributed by atoms with van der Waals surface area (Å²) in [4.78, 5) is 14.9. The number of rotatable bonds is 6. The first-order valence-corrected chi connectivity index (χ1v) is 6.44. The molecule has 2 N–H and O–H groups in total. The van der Waals surface area contributed by atoms with Gasteiger partial charge in [0.15, 0.2) is 11.2 Å². The molecule has 0 aliphatic rings. The van der Waals surface area contributed by atoms with E-state index in [1.54, 1.807) is 7.11 Å². The quantitative estimate of drug-likeness (QED) is 0.829. The maximum absolute atomic E-state index is 5.96. The number of anilines is 1. The van der Waals surface area contributed by atoms with Gasteiger partial charge in [-0.05, 0) is 13.1 Å². The summed E-state index contributed by atoms with van der Waals surface area (Å²) in [5.74, 6) is 0.902. The minimum atomic E-state index is 0.445. The van der Waals surface area contributed by atoms with Crippen LogP contribution in [0.2, 0.25) is 0 Å². The smallest absolute Gasteiger partial charge is 0.245 e. The summed E-state index contributed by atoms with van der Waals surface area (Å²) in [5.41, 5.74) is 7.29. The molecule has 0 aromatic carbocycles. The molecule has 19 heavy (non-hydrogen) atoms. The standard InChI is InChI=1S/C12H20N6O/c1-4-17(5-2)6-7-18-10-9(16-12(18)13)11(19-3)15-8-14-10/h8H,4-7H2,1-3H3,(H2,13,16). The van der Waals surface area contributed by atoms with Crippen molar-refractivity contribution in [2.24, 2.45) is 0 Å². The molecule has 0 unspecified atom stereocenters. The van der Waals surface area contributed by atoms with Crippen LogP contribution in [0.25, 0.3) is 11.2 Å². The second kappa shape index (κ2) is 5.83. The number of aromatic nitrogens is 4. The van der Waals surface area contributed by atoms with E-state index in [9.17, 15) is 0 Å². The molecule has 0 saturated heterocycles. The van der Waals surface area contributed by atoms with E-state index in [0.717, 1.165) is 31.8 Å². The minimum absolute atomic E-state index is 0.445. The fourth-order valence-electron chi connectivity index (χ4n) is 2.08. The summed E-state index contributed by atoms with van der Waals surface area (Å²) in [5, 5.41) is 0. The Balaban J connectivity index is 2.30. The van der Waals surface area contributed by atoms with Gasteiger partial charge in [-0.15, -0.1) is 0 Å². The molecule has 0 saturated carbocycles. The van der Waals surface area contributed by atoms with Crippen molar-refractivity contribution in [3.8, 4) is 5.88 Å². The molecule has 0 fully saturated rings. The number of methoxy groups -OCH3 is 1. The van der Waals surface area contributed by atoms with Crippen molar-refractivity contribution in [3.63, 3.8) is 0 Å². The third-order valence-corrected chi connectivity index (χ3v) is 3.26. The maximum atomic E-state index is 5.96. The summed E-state index contributed by atoms with van der Waals surface area (Å²) in [6.45, 7) is 7.98. The fourth-order valence-corrected chi connectivity index (χ4v) is 2.08. The summed E-state index contributed by atoms with van der Waals surface area (Å²) < 4.78 is 7.07. The van der Waals surface area contributed by atoms with Gasteiger partial charge in [-0.1, -0.05) is 13.8 Å². The molecule has 2 heterocycles. The third-order valence-electron chi connectivity index (χ3n) is 3.26. The van der Waals surface area contributed by atoms with Crippen molar-refractivity contribution in [2.45, 2.75) is 20.4 Å². The van der Waals surface area contributed by atoms with Crippen LogP contribution >= 0.6 is 0 Å². The van der Waals surface area contributed by atoms with Crippen LogP contribution < -0.4 is 10.5 Å². The first-order chi connectivity index (χ1) is 9.21. The maximum Gasteiger partial charge on any atom is 0.245 e. The summed E-state index contributed by atoms with van der Waals surface area (Å²) in [6, 6.07) is 0. The highest BCUT2D eigenvalue weighted by molar-refractivity contribution is 5.78. The van der Waals surface area contributed by atoms with Crippen LogP contribution in [0.4, 0.5) is 5.95 Å². The van der Waals surface area contributed by atoms with Gasteiger partial charge in [-0.25, -0.2) is 9.97 Å². The number of nitrogens with zero attached hydrogens (tertiary/aromatic N) is 5. The number of nitrogen functional groups attached to an aromatic ring is 1. The van der Waals surface area contributed by atoms with Gasteiger partial charge in [0.1, 0.15) is 6.33 Å².